The van der Waals surface area contributed by atoms with Crippen LogP contribution in [0.5, 0.6) is 0 Å². The lowest BCUT2D eigenvalue weighted by Gasteiger charge is -2.64. The fourth-order valence-electron chi connectivity index (χ4n) is 9.75. The van der Waals surface area contributed by atoms with E-state index >= 15 is 0 Å². The molecule has 4 saturated carbocycles. The molecule has 1 heterocycles. The van der Waals surface area contributed by atoms with Crippen LogP contribution < -0.4 is 0 Å². The molecule has 0 amide bonds. The topological polar surface area (TPSA) is 69.7 Å². The lowest BCUT2D eigenvalue weighted by Crippen LogP contribution is -2.69. The molecule has 5 aliphatic carbocycles. The number of hydrogen-bond donors (Lipinski definition) is 0. The van der Waals surface area contributed by atoms with Gasteiger partial charge in [-0.05, 0) is 78.6 Å². The molecule has 1 saturated heterocycles. The van der Waals surface area contributed by atoms with Crippen molar-refractivity contribution >= 4 is 17.7 Å². The van der Waals surface area contributed by atoms with Gasteiger partial charge in [0.05, 0.1) is 7.11 Å². The summed E-state index contributed by atoms with van der Waals surface area (Å²) in [5.41, 5.74) is -0.283. The summed E-state index contributed by atoms with van der Waals surface area (Å²) in [6, 6.07) is 0. The normalized spacial score (nSPS) is 54.3. The van der Waals surface area contributed by atoms with Crippen LogP contribution in [0.2, 0.25) is 0 Å². The maximum Gasteiger partial charge on any atom is 0.351 e. The zero-order valence-corrected chi connectivity index (χ0v) is 19.1. The van der Waals surface area contributed by atoms with Crippen LogP contribution >= 0.6 is 0 Å². The van der Waals surface area contributed by atoms with Crippen molar-refractivity contribution in [3.8, 4) is 0 Å². The zero-order valence-electron chi connectivity index (χ0n) is 19.1. The third kappa shape index (κ3) is 2.21. The van der Waals surface area contributed by atoms with Crippen LogP contribution in [0.25, 0.3) is 0 Å². The minimum absolute atomic E-state index is 0.0360. The number of fused-ring (bicyclic) bond motifs is 4. The number of carbonyl (C=O) groups excluding carboxylic acids is 3. The number of rotatable bonds is 1. The summed E-state index contributed by atoms with van der Waals surface area (Å²) < 4.78 is 11.7. The van der Waals surface area contributed by atoms with Gasteiger partial charge in [0.15, 0.2) is 5.78 Å². The van der Waals surface area contributed by atoms with Gasteiger partial charge in [0.1, 0.15) is 0 Å². The second kappa shape index (κ2) is 6.02. The molecule has 0 aromatic heterocycles. The molecule has 31 heavy (non-hydrogen) atoms. The van der Waals surface area contributed by atoms with Crippen molar-refractivity contribution in [2.24, 2.45) is 52.3 Å². The largest absolute Gasteiger partial charge is 0.466 e. The monoisotopic (exact) mass is 426 g/mol. The van der Waals surface area contributed by atoms with Crippen molar-refractivity contribution in [3.63, 3.8) is 0 Å². The number of esters is 2. The molecule has 0 aromatic carbocycles. The van der Waals surface area contributed by atoms with E-state index in [1.54, 1.807) is 6.08 Å². The van der Waals surface area contributed by atoms with Crippen LogP contribution in [-0.4, -0.2) is 30.4 Å². The van der Waals surface area contributed by atoms with Gasteiger partial charge in [0.2, 0.25) is 5.60 Å². The summed E-state index contributed by atoms with van der Waals surface area (Å²) in [7, 11) is 1.41. The van der Waals surface area contributed by atoms with Crippen LogP contribution in [0.15, 0.2) is 11.6 Å². The van der Waals surface area contributed by atoms with Crippen molar-refractivity contribution < 1.29 is 23.9 Å². The molecule has 1 aliphatic heterocycles. The molecule has 5 nitrogen and oxygen atoms in total. The van der Waals surface area contributed by atoms with Gasteiger partial charge < -0.3 is 9.47 Å². The van der Waals surface area contributed by atoms with E-state index < -0.39 is 11.6 Å². The molecule has 10 atom stereocenters. The van der Waals surface area contributed by atoms with E-state index in [1.165, 1.54) is 13.5 Å². The number of ether oxygens (including phenoxy) is 2. The third-order valence-corrected chi connectivity index (χ3v) is 11.0. The Morgan fingerprint density at radius 1 is 1.06 bits per heavy atom. The standard InChI is InChI=1S/C26H34O5/c1-13-19-11-14(27)7-9-24(19,2)18-8-10-25(3)17-5-6-20(28)31-26(13,23(29)30-4)22(18)21(25)16-12-15(16)17/h11,13,15-18,21-22H,5-10,12H2,1-4H3/t13-,15+,16-,17+,18?,21?,22?,24+,25+,26?/m0/s1. The Balaban J connectivity index is 1.63. The highest BCUT2D eigenvalue weighted by molar-refractivity contribution is 5.93. The van der Waals surface area contributed by atoms with E-state index in [2.05, 4.69) is 13.8 Å². The van der Waals surface area contributed by atoms with Gasteiger partial charge in [-0.15, -0.1) is 0 Å². The molecular weight excluding hydrogens is 392 g/mol. The lowest BCUT2D eigenvalue weighted by molar-refractivity contribution is -0.226. The molecule has 168 valence electrons. The fourth-order valence-corrected chi connectivity index (χ4v) is 9.75. The van der Waals surface area contributed by atoms with Crippen LogP contribution in [-0.2, 0) is 23.9 Å². The average molecular weight is 427 g/mol. The molecule has 6 rings (SSSR count). The SMILES string of the molecule is COC(=O)C12OC(=O)CC[C@@H]3[C@@H]4C[C@@H]4C4C1C(CC[C@@]43C)[C@@]1(C)CCC(=O)C=C1[C@@H]2C. The second-order valence-corrected chi connectivity index (χ2v) is 11.9. The zero-order chi connectivity index (χ0) is 21.9. The maximum atomic E-state index is 13.7. The van der Waals surface area contributed by atoms with Gasteiger partial charge in [0, 0.05) is 24.7 Å². The Hall–Kier alpha value is -1.65. The number of hydrogen-bond acceptors (Lipinski definition) is 5. The Morgan fingerprint density at radius 2 is 1.84 bits per heavy atom. The predicted molar refractivity (Wildman–Crippen MR) is 113 cm³/mol. The predicted octanol–water partition coefficient (Wildman–Crippen LogP) is 4.10. The summed E-state index contributed by atoms with van der Waals surface area (Å²) in [6.07, 6.45) is 7.81. The van der Waals surface area contributed by atoms with Crippen molar-refractivity contribution in [1.29, 1.82) is 0 Å². The molecule has 6 aliphatic rings. The smallest absolute Gasteiger partial charge is 0.351 e. The summed E-state index contributed by atoms with van der Waals surface area (Å²) in [5.74, 6) is 1.53. The lowest BCUT2D eigenvalue weighted by atomic mass is 9.40. The minimum atomic E-state index is -1.32. The number of methoxy groups -OCH3 is 1. The highest BCUT2D eigenvalue weighted by atomic mass is 16.6. The number of ketones is 1. The van der Waals surface area contributed by atoms with E-state index in [0.29, 0.717) is 36.5 Å². The van der Waals surface area contributed by atoms with Crippen molar-refractivity contribution in [2.75, 3.05) is 7.11 Å². The molecular formula is C26H34O5. The van der Waals surface area contributed by atoms with Crippen molar-refractivity contribution in [1.82, 2.24) is 0 Å². The van der Waals surface area contributed by atoms with E-state index in [-0.39, 0.29) is 40.3 Å². The van der Waals surface area contributed by atoms with E-state index in [9.17, 15) is 14.4 Å². The summed E-state index contributed by atoms with van der Waals surface area (Å²) in [4.78, 5) is 39.3. The quantitative estimate of drug-likeness (QED) is 0.591. The van der Waals surface area contributed by atoms with Gasteiger partial charge in [-0.1, -0.05) is 26.3 Å². The molecule has 0 spiro atoms. The van der Waals surface area contributed by atoms with Crippen molar-refractivity contribution in [2.45, 2.75) is 71.3 Å². The summed E-state index contributed by atoms with van der Waals surface area (Å²) >= 11 is 0. The molecule has 4 bridgehead atoms. The molecule has 5 fully saturated rings. The molecule has 0 radical (unpaired) electrons. The van der Waals surface area contributed by atoms with Crippen molar-refractivity contribution in [3.05, 3.63) is 11.6 Å². The summed E-state index contributed by atoms with van der Waals surface area (Å²) in [5, 5.41) is 0. The minimum Gasteiger partial charge on any atom is -0.466 e. The highest BCUT2D eigenvalue weighted by Crippen LogP contribution is 2.78. The number of carbonyl (C=O) groups is 3. The Labute approximate surface area is 184 Å². The van der Waals surface area contributed by atoms with Gasteiger partial charge in [0.25, 0.3) is 0 Å². The van der Waals surface area contributed by atoms with Crippen LogP contribution in [0.3, 0.4) is 0 Å². The second-order valence-electron chi connectivity index (χ2n) is 11.9. The maximum absolute atomic E-state index is 13.7. The van der Waals surface area contributed by atoms with E-state index in [0.717, 1.165) is 31.3 Å². The molecule has 5 heteroatoms. The molecule has 0 N–H and O–H groups in total. The summed E-state index contributed by atoms with van der Waals surface area (Å²) in [6.45, 7) is 6.75. The Kier molecular flexibility index (Phi) is 3.88. The van der Waals surface area contributed by atoms with Crippen LogP contribution in [0.1, 0.15) is 65.7 Å². The first-order chi connectivity index (χ1) is 14.7. The van der Waals surface area contributed by atoms with E-state index in [1.807, 2.05) is 6.92 Å². The van der Waals surface area contributed by atoms with E-state index in [4.69, 9.17) is 9.47 Å². The fraction of sp³-hybridized carbons (Fsp3) is 0.808. The van der Waals surface area contributed by atoms with Crippen LogP contribution in [0.4, 0.5) is 0 Å². The van der Waals surface area contributed by atoms with Gasteiger partial charge >= 0.3 is 11.9 Å². The first-order valence-corrected chi connectivity index (χ1v) is 12.2. The van der Waals surface area contributed by atoms with Crippen LogP contribution in [0, 0.1) is 52.3 Å². The molecule has 0 aromatic rings. The Bertz CT molecular complexity index is 921. The first kappa shape index (κ1) is 20.0. The molecule has 4 unspecified atom stereocenters. The average Bonchev–Trinajstić information content (AvgIpc) is 3.46. The van der Waals surface area contributed by atoms with Gasteiger partial charge in [-0.25, -0.2) is 4.79 Å². The third-order valence-electron chi connectivity index (χ3n) is 11.0. The Morgan fingerprint density at radius 3 is 2.58 bits per heavy atom. The van der Waals surface area contributed by atoms with Gasteiger partial charge in [-0.2, -0.15) is 0 Å². The first-order valence-electron chi connectivity index (χ1n) is 12.2. The van der Waals surface area contributed by atoms with Gasteiger partial charge in [-0.3, -0.25) is 9.59 Å². The highest BCUT2D eigenvalue weighted by Gasteiger charge is 2.77.